The van der Waals surface area contributed by atoms with Crippen LogP contribution in [0.15, 0.2) is 108 Å². The molecule has 0 aliphatic carbocycles. The van der Waals surface area contributed by atoms with Crippen LogP contribution < -0.4 is 5.32 Å². The molecule has 4 aromatic carbocycles. The molecule has 11 heteroatoms. The minimum absolute atomic E-state index is 0.0231. The number of tetrazole rings is 1. The van der Waals surface area contributed by atoms with Gasteiger partial charge in [0.15, 0.2) is 6.29 Å². The second-order valence-corrected chi connectivity index (χ2v) is 11.3. The maximum absolute atomic E-state index is 12.5. The Morgan fingerprint density at radius 1 is 0.886 bits per heavy atom. The first-order chi connectivity index (χ1) is 21.6. The van der Waals surface area contributed by atoms with Gasteiger partial charge in [-0.25, -0.2) is 0 Å². The van der Waals surface area contributed by atoms with Crippen molar-refractivity contribution in [2.24, 2.45) is 0 Å². The van der Waals surface area contributed by atoms with Crippen LogP contribution in [-0.4, -0.2) is 48.2 Å². The van der Waals surface area contributed by atoms with E-state index in [4.69, 9.17) is 9.47 Å². The number of phenolic OH excluding ortho intramolecular Hbond substituents is 1. The van der Waals surface area contributed by atoms with E-state index in [0.717, 1.165) is 27.9 Å². The number of amides is 1. The number of ether oxygens (including phenoxy) is 2. The van der Waals surface area contributed by atoms with Gasteiger partial charge in [-0.05, 0) is 63.5 Å². The van der Waals surface area contributed by atoms with Crippen molar-refractivity contribution in [1.29, 1.82) is 0 Å². The van der Waals surface area contributed by atoms with Crippen molar-refractivity contribution in [3.8, 4) is 11.4 Å². The van der Waals surface area contributed by atoms with Crippen molar-refractivity contribution in [1.82, 2.24) is 25.5 Å². The molecule has 1 aliphatic rings. The average Bonchev–Trinajstić information content (AvgIpc) is 3.56. The van der Waals surface area contributed by atoms with E-state index in [1.807, 2.05) is 66.7 Å². The maximum atomic E-state index is 12.5. The number of hydrogen-bond acceptors (Lipinski definition) is 9. The fraction of sp³-hybridized carbons (Fsp3) is 0.212. The second kappa shape index (κ2) is 13.8. The van der Waals surface area contributed by atoms with Gasteiger partial charge in [0.1, 0.15) is 5.75 Å². The van der Waals surface area contributed by atoms with Crippen molar-refractivity contribution < 1.29 is 24.5 Å². The van der Waals surface area contributed by atoms with Gasteiger partial charge in [-0.15, -0.1) is 5.10 Å². The molecular formula is C33H31N5O5S. The summed E-state index contributed by atoms with van der Waals surface area (Å²) in [6.07, 6.45) is -0.411. The van der Waals surface area contributed by atoms with Gasteiger partial charge in [-0.1, -0.05) is 78.5 Å². The zero-order valence-electron chi connectivity index (χ0n) is 23.7. The maximum Gasteiger partial charge on any atom is 0.251 e. The van der Waals surface area contributed by atoms with Crippen molar-refractivity contribution >= 4 is 17.7 Å². The van der Waals surface area contributed by atoms with E-state index in [0.29, 0.717) is 29.4 Å². The van der Waals surface area contributed by atoms with E-state index in [2.05, 4.69) is 20.8 Å². The quantitative estimate of drug-likeness (QED) is 0.185. The Bertz CT molecular complexity index is 1660. The lowest BCUT2D eigenvalue weighted by molar-refractivity contribution is -0.245. The Balaban J connectivity index is 1.16. The number of aliphatic hydroxyl groups is 1. The van der Waals surface area contributed by atoms with E-state index in [1.54, 1.807) is 41.1 Å². The van der Waals surface area contributed by atoms with E-state index < -0.39 is 6.29 Å². The molecule has 1 saturated heterocycles. The number of nitrogens with zero attached hydrogens (tertiary/aromatic N) is 4. The summed E-state index contributed by atoms with van der Waals surface area (Å²) in [4.78, 5) is 12.5. The molecule has 1 fully saturated rings. The molecule has 1 amide bonds. The molecule has 2 heterocycles. The summed E-state index contributed by atoms with van der Waals surface area (Å²) in [5.41, 5.74) is 5.01. The van der Waals surface area contributed by atoms with E-state index in [9.17, 15) is 15.0 Å². The standard InChI is InChI=1S/C33H31N5O5S/c39-20-23-8-10-24(11-9-23)30-18-29(21-44-33-35-36-37-38(33)27-14-16-28(40)17-15-27)42-32(43-30)26-12-6-22(7-13-26)19-34-31(41)25-4-2-1-3-5-25/h1-17,29-30,32,39-40H,18-21H2,(H,34,41)/t29-,30+,32+/m0/s1. The summed E-state index contributed by atoms with van der Waals surface area (Å²) in [5.74, 6) is 0.619. The van der Waals surface area contributed by atoms with E-state index in [-0.39, 0.29) is 30.5 Å². The Morgan fingerprint density at radius 3 is 2.32 bits per heavy atom. The second-order valence-electron chi connectivity index (χ2n) is 10.3. The van der Waals surface area contributed by atoms with Crippen LogP contribution >= 0.6 is 11.8 Å². The van der Waals surface area contributed by atoms with Gasteiger partial charge >= 0.3 is 0 Å². The highest BCUT2D eigenvalue weighted by atomic mass is 32.2. The van der Waals surface area contributed by atoms with Gasteiger partial charge in [0.25, 0.3) is 5.91 Å². The Morgan fingerprint density at radius 2 is 1.59 bits per heavy atom. The minimum Gasteiger partial charge on any atom is -0.508 e. The smallest absolute Gasteiger partial charge is 0.251 e. The summed E-state index contributed by atoms with van der Waals surface area (Å²) in [5, 5.41) is 34.9. The molecule has 6 rings (SSSR count). The van der Waals surface area contributed by atoms with Crippen molar-refractivity contribution in [3.05, 3.63) is 131 Å². The normalized spacial score (nSPS) is 18.2. The Hall–Kier alpha value is -4.55. The number of aliphatic hydroxyl groups excluding tert-OH is 1. The minimum atomic E-state index is -0.613. The van der Waals surface area contributed by atoms with Crippen LogP contribution in [0.5, 0.6) is 5.75 Å². The van der Waals surface area contributed by atoms with Crippen LogP contribution in [0.3, 0.4) is 0 Å². The molecule has 0 unspecified atom stereocenters. The molecule has 44 heavy (non-hydrogen) atoms. The number of nitrogens with one attached hydrogen (secondary N) is 1. The van der Waals surface area contributed by atoms with Crippen molar-refractivity contribution in [2.45, 2.75) is 43.2 Å². The molecule has 10 nitrogen and oxygen atoms in total. The van der Waals surface area contributed by atoms with Gasteiger partial charge in [0.2, 0.25) is 5.16 Å². The molecule has 1 aromatic heterocycles. The van der Waals surface area contributed by atoms with Crippen molar-refractivity contribution in [2.75, 3.05) is 5.75 Å². The topological polar surface area (TPSA) is 132 Å². The number of phenols is 1. The number of thioether (sulfide) groups is 1. The first-order valence-corrected chi connectivity index (χ1v) is 15.2. The SMILES string of the molecule is O=C(NCc1ccc([C@@H]2O[C@H](CSc3nnnn3-c3ccc(O)cc3)C[C@H](c3ccc(CO)cc3)O2)cc1)c1ccccc1. The number of aromatic nitrogens is 4. The summed E-state index contributed by atoms with van der Waals surface area (Å²) in [6, 6.07) is 31.4. The van der Waals surface area contributed by atoms with Gasteiger partial charge in [-0.3, -0.25) is 4.79 Å². The van der Waals surface area contributed by atoms with E-state index >= 15 is 0 Å². The first kappa shape index (κ1) is 29.5. The molecule has 0 saturated carbocycles. The predicted molar refractivity (Wildman–Crippen MR) is 164 cm³/mol. The molecule has 3 atom stereocenters. The number of benzene rings is 4. The monoisotopic (exact) mass is 609 g/mol. The zero-order valence-corrected chi connectivity index (χ0v) is 24.5. The number of rotatable bonds is 10. The van der Waals surface area contributed by atoms with E-state index in [1.165, 1.54) is 11.8 Å². The Labute approximate surface area is 258 Å². The highest BCUT2D eigenvalue weighted by Crippen LogP contribution is 2.39. The molecular weight excluding hydrogens is 578 g/mol. The number of carbonyl (C=O) groups is 1. The number of carbonyl (C=O) groups excluding carboxylic acids is 1. The number of hydrogen-bond donors (Lipinski definition) is 3. The summed E-state index contributed by atoms with van der Waals surface area (Å²) in [6.45, 7) is 0.375. The van der Waals surface area contributed by atoms with Gasteiger partial charge in [0.05, 0.1) is 24.5 Å². The average molecular weight is 610 g/mol. The summed E-state index contributed by atoms with van der Waals surface area (Å²) < 4.78 is 14.6. The van der Waals surface area contributed by atoms with Crippen LogP contribution in [0.1, 0.15) is 51.4 Å². The van der Waals surface area contributed by atoms with Gasteiger partial charge in [-0.2, -0.15) is 4.68 Å². The first-order valence-electron chi connectivity index (χ1n) is 14.2. The largest absolute Gasteiger partial charge is 0.508 e. The fourth-order valence-electron chi connectivity index (χ4n) is 4.88. The highest BCUT2D eigenvalue weighted by Gasteiger charge is 2.32. The third-order valence-corrected chi connectivity index (χ3v) is 8.34. The van der Waals surface area contributed by atoms with Gasteiger partial charge < -0.3 is 25.0 Å². The molecule has 224 valence electrons. The lowest BCUT2D eigenvalue weighted by Gasteiger charge is -2.36. The third-order valence-electron chi connectivity index (χ3n) is 7.29. The summed E-state index contributed by atoms with van der Waals surface area (Å²) in [7, 11) is 0. The van der Waals surface area contributed by atoms with Crippen LogP contribution in [0.25, 0.3) is 5.69 Å². The van der Waals surface area contributed by atoms with Crippen LogP contribution in [-0.2, 0) is 22.6 Å². The fourth-order valence-corrected chi connectivity index (χ4v) is 5.79. The van der Waals surface area contributed by atoms with Crippen LogP contribution in [0.4, 0.5) is 0 Å². The molecule has 0 bridgehead atoms. The molecule has 5 aromatic rings. The number of aromatic hydroxyl groups is 1. The van der Waals surface area contributed by atoms with Gasteiger partial charge in [0, 0.05) is 29.8 Å². The molecule has 3 N–H and O–H groups in total. The molecule has 0 spiro atoms. The predicted octanol–water partition coefficient (Wildman–Crippen LogP) is 5.13. The lowest BCUT2D eigenvalue weighted by Crippen LogP contribution is -2.31. The third kappa shape index (κ3) is 7.14. The van der Waals surface area contributed by atoms with Crippen LogP contribution in [0, 0.1) is 0 Å². The summed E-state index contributed by atoms with van der Waals surface area (Å²) >= 11 is 1.48. The highest BCUT2D eigenvalue weighted by molar-refractivity contribution is 7.99. The van der Waals surface area contributed by atoms with Crippen molar-refractivity contribution in [3.63, 3.8) is 0 Å². The molecule has 1 aliphatic heterocycles. The Kier molecular flexibility index (Phi) is 9.28. The lowest BCUT2D eigenvalue weighted by atomic mass is 10.0. The zero-order chi connectivity index (χ0) is 30.3. The molecule has 0 radical (unpaired) electrons. The van der Waals surface area contributed by atoms with Crippen LogP contribution in [0.2, 0.25) is 0 Å².